The molecule has 0 aliphatic carbocycles. The first-order chi connectivity index (χ1) is 8.24. The fourth-order valence-corrected chi connectivity index (χ4v) is 1.62. The zero-order valence-electron chi connectivity index (χ0n) is 10.1. The van der Waals surface area contributed by atoms with Crippen LogP contribution in [0.5, 0.6) is 5.88 Å². The zero-order valence-corrected chi connectivity index (χ0v) is 10.1. The molecular weight excluding hydrogens is 218 g/mol. The molecule has 0 aliphatic heterocycles. The molecule has 2 aromatic rings. The number of aryl methyl sites for hydroxylation is 1. The molecule has 0 spiro atoms. The molecule has 1 N–H and O–H groups in total. The Morgan fingerprint density at radius 3 is 2.59 bits per heavy atom. The normalized spacial score (nSPS) is 12.4. The van der Waals surface area contributed by atoms with Crippen LogP contribution in [0.3, 0.4) is 0 Å². The van der Waals surface area contributed by atoms with Crippen molar-refractivity contribution in [2.45, 2.75) is 6.04 Å². The largest absolute Gasteiger partial charge is 0.480 e. The van der Waals surface area contributed by atoms with Gasteiger partial charge in [0.25, 0.3) is 0 Å². The fourth-order valence-electron chi connectivity index (χ4n) is 1.62. The van der Waals surface area contributed by atoms with Gasteiger partial charge < -0.3 is 14.6 Å². The van der Waals surface area contributed by atoms with E-state index in [2.05, 4.69) is 20.5 Å². The molecule has 0 aromatic carbocycles. The number of methoxy groups -OCH3 is 1. The van der Waals surface area contributed by atoms with Crippen LogP contribution in [0.2, 0.25) is 0 Å². The van der Waals surface area contributed by atoms with E-state index in [4.69, 9.17) is 4.74 Å². The maximum Gasteiger partial charge on any atom is 0.233 e. The average molecular weight is 233 g/mol. The second-order valence-corrected chi connectivity index (χ2v) is 3.69. The summed E-state index contributed by atoms with van der Waals surface area (Å²) < 4.78 is 6.88. The minimum Gasteiger partial charge on any atom is -0.480 e. The molecule has 0 aliphatic rings. The van der Waals surface area contributed by atoms with E-state index >= 15 is 0 Å². The van der Waals surface area contributed by atoms with E-state index in [-0.39, 0.29) is 6.04 Å². The summed E-state index contributed by atoms with van der Waals surface area (Å²) in [5.41, 5.74) is 1.72. The van der Waals surface area contributed by atoms with Crippen LogP contribution >= 0.6 is 0 Å². The lowest BCUT2D eigenvalue weighted by molar-refractivity contribution is 0.390. The van der Waals surface area contributed by atoms with E-state index in [0.717, 1.165) is 11.4 Å². The summed E-state index contributed by atoms with van der Waals surface area (Å²) in [6.45, 7) is 0. The lowest BCUT2D eigenvalue weighted by atomic mass is 10.1. The van der Waals surface area contributed by atoms with Gasteiger partial charge in [-0.05, 0) is 13.1 Å². The van der Waals surface area contributed by atoms with Gasteiger partial charge in [-0.15, -0.1) is 10.2 Å². The van der Waals surface area contributed by atoms with Gasteiger partial charge in [-0.1, -0.05) is 0 Å². The second-order valence-electron chi connectivity index (χ2n) is 3.69. The van der Waals surface area contributed by atoms with Crippen LogP contribution in [0.4, 0.5) is 0 Å². The van der Waals surface area contributed by atoms with Crippen molar-refractivity contribution in [3.8, 4) is 5.88 Å². The number of ether oxygens (including phenoxy) is 1. The van der Waals surface area contributed by atoms with E-state index in [0.29, 0.717) is 5.88 Å². The highest BCUT2D eigenvalue weighted by Gasteiger charge is 2.16. The number of imidazole rings is 1. The Morgan fingerprint density at radius 2 is 2.12 bits per heavy atom. The van der Waals surface area contributed by atoms with Crippen LogP contribution in [-0.2, 0) is 7.05 Å². The highest BCUT2D eigenvalue weighted by Crippen LogP contribution is 2.18. The summed E-state index contributed by atoms with van der Waals surface area (Å²) in [7, 11) is 5.37. The quantitative estimate of drug-likeness (QED) is 0.834. The van der Waals surface area contributed by atoms with Crippen molar-refractivity contribution in [1.29, 1.82) is 0 Å². The summed E-state index contributed by atoms with van der Waals surface area (Å²) in [5, 5.41) is 11.2. The predicted molar refractivity (Wildman–Crippen MR) is 62.7 cm³/mol. The lowest BCUT2D eigenvalue weighted by Gasteiger charge is -2.12. The van der Waals surface area contributed by atoms with Crippen molar-refractivity contribution in [3.05, 3.63) is 36.0 Å². The van der Waals surface area contributed by atoms with Crippen molar-refractivity contribution < 1.29 is 4.74 Å². The van der Waals surface area contributed by atoms with Crippen molar-refractivity contribution >= 4 is 0 Å². The smallest absolute Gasteiger partial charge is 0.233 e. The third kappa shape index (κ3) is 2.42. The molecule has 6 nitrogen and oxygen atoms in total. The van der Waals surface area contributed by atoms with Crippen molar-refractivity contribution in [2.24, 2.45) is 7.05 Å². The highest BCUT2D eigenvalue weighted by molar-refractivity contribution is 5.21. The van der Waals surface area contributed by atoms with Gasteiger partial charge in [0.15, 0.2) is 0 Å². The highest BCUT2D eigenvalue weighted by atomic mass is 16.5. The van der Waals surface area contributed by atoms with E-state index in [1.165, 1.54) is 0 Å². The molecule has 0 fully saturated rings. The van der Waals surface area contributed by atoms with Gasteiger partial charge in [0, 0.05) is 19.3 Å². The van der Waals surface area contributed by atoms with Crippen molar-refractivity contribution in [3.63, 3.8) is 0 Å². The third-order valence-corrected chi connectivity index (χ3v) is 2.47. The fraction of sp³-hybridized carbons (Fsp3) is 0.364. The lowest BCUT2D eigenvalue weighted by Crippen LogP contribution is -2.19. The molecule has 90 valence electrons. The SMILES string of the molecule is CNC(c1cn(C)cn1)c1ccc(OC)nn1. The van der Waals surface area contributed by atoms with Gasteiger partial charge in [0.1, 0.15) is 0 Å². The van der Waals surface area contributed by atoms with E-state index in [1.807, 2.05) is 30.9 Å². The Morgan fingerprint density at radius 1 is 1.29 bits per heavy atom. The molecule has 6 heteroatoms. The van der Waals surface area contributed by atoms with E-state index in [9.17, 15) is 0 Å². The van der Waals surface area contributed by atoms with Crippen LogP contribution < -0.4 is 10.1 Å². The average Bonchev–Trinajstić information content (AvgIpc) is 2.78. The van der Waals surface area contributed by atoms with Crippen LogP contribution in [0, 0.1) is 0 Å². The molecule has 17 heavy (non-hydrogen) atoms. The minimum atomic E-state index is -0.0605. The Bertz CT molecular complexity index is 479. The van der Waals surface area contributed by atoms with Crippen molar-refractivity contribution in [1.82, 2.24) is 25.1 Å². The Hall–Kier alpha value is -1.95. The van der Waals surface area contributed by atoms with Gasteiger partial charge in [-0.2, -0.15) is 0 Å². The molecular formula is C11H15N5O. The Labute approximate surface area is 99.7 Å². The maximum atomic E-state index is 4.98. The molecule has 0 saturated heterocycles. The number of aromatic nitrogens is 4. The number of nitrogens with zero attached hydrogens (tertiary/aromatic N) is 4. The van der Waals surface area contributed by atoms with Crippen LogP contribution in [0.15, 0.2) is 24.7 Å². The summed E-state index contributed by atoms with van der Waals surface area (Å²) in [6.07, 6.45) is 3.71. The molecule has 2 aromatic heterocycles. The predicted octanol–water partition coefficient (Wildman–Crippen LogP) is 0.527. The minimum absolute atomic E-state index is 0.0605. The van der Waals surface area contributed by atoms with Gasteiger partial charge >= 0.3 is 0 Å². The molecule has 0 amide bonds. The number of hydrogen-bond acceptors (Lipinski definition) is 5. The van der Waals surface area contributed by atoms with Crippen molar-refractivity contribution in [2.75, 3.05) is 14.2 Å². The third-order valence-electron chi connectivity index (χ3n) is 2.47. The maximum absolute atomic E-state index is 4.98. The second kappa shape index (κ2) is 4.92. The number of hydrogen-bond donors (Lipinski definition) is 1. The van der Waals surface area contributed by atoms with Gasteiger partial charge in [-0.3, -0.25) is 0 Å². The zero-order chi connectivity index (χ0) is 12.3. The molecule has 0 radical (unpaired) electrons. The summed E-state index contributed by atoms with van der Waals surface area (Å²) in [4.78, 5) is 4.31. The van der Waals surface area contributed by atoms with Crippen LogP contribution in [0.1, 0.15) is 17.4 Å². The standard InChI is InChI=1S/C11H15N5O/c1-12-11(9-6-16(2)7-13-9)8-4-5-10(17-3)15-14-8/h4-7,11-12H,1-3H3. The Balaban J connectivity index is 2.28. The first kappa shape index (κ1) is 11.5. The van der Waals surface area contributed by atoms with Gasteiger partial charge in [0.2, 0.25) is 5.88 Å². The topological polar surface area (TPSA) is 64.9 Å². The summed E-state index contributed by atoms with van der Waals surface area (Å²) in [5.74, 6) is 0.504. The van der Waals surface area contributed by atoms with Gasteiger partial charge in [-0.25, -0.2) is 4.98 Å². The molecule has 2 heterocycles. The summed E-state index contributed by atoms with van der Waals surface area (Å²) >= 11 is 0. The molecule has 0 saturated carbocycles. The van der Waals surface area contributed by atoms with Crippen LogP contribution in [-0.4, -0.2) is 33.9 Å². The molecule has 1 unspecified atom stereocenters. The Kier molecular flexibility index (Phi) is 3.34. The van der Waals surface area contributed by atoms with E-state index in [1.54, 1.807) is 19.5 Å². The van der Waals surface area contributed by atoms with Gasteiger partial charge in [0.05, 0.1) is 30.9 Å². The number of rotatable bonds is 4. The van der Waals surface area contributed by atoms with E-state index < -0.39 is 0 Å². The summed E-state index contributed by atoms with van der Waals surface area (Å²) in [6, 6.07) is 3.60. The molecule has 2 rings (SSSR count). The first-order valence-electron chi connectivity index (χ1n) is 5.27. The first-order valence-corrected chi connectivity index (χ1v) is 5.27. The number of nitrogens with one attached hydrogen (secondary N) is 1. The monoisotopic (exact) mass is 233 g/mol. The molecule has 0 bridgehead atoms. The van der Waals surface area contributed by atoms with Crippen LogP contribution in [0.25, 0.3) is 0 Å². The molecule has 1 atom stereocenters.